The number of aliphatic imine (C=N–C) groups is 1. The molecule has 2 unspecified atom stereocenters. The number of nitrogens with one attached hydrogen (secondary N) is 4. The summed E-state index contributed by atoms with van der Waals surface area (Å²) < 4.78 is 66.3. The number of benzene rings is 6. The number of halogens is 11. The Balaban J connectivity index is 0.000000218. The first-order chi connectivity index (χ1) is 57.7. The molecule has 0 saturated carbocycles. The van der Waals surface area contributed by atoms with Crippen LogP contribution in [0.4, 0.5) is 13.2 Å². The Morgan fingerprint density at radius 1 is 0.615 bits per heavy atom. The number of hydrogen-bond donors (Lipinski definition) is 5. The van der Waals surface area contributed by atoms with E-state index in [1.165, 1.54) is 38.5 Å². The number of fused-ring (bicyclic) bond motifs is 5. The van der Waals surface area contributed by atoms with Gasteiger partial charge in [-0.15, -0.1) is 0 Å². The topological polar surface area (TPSA) is 394 Å². The SMILES string of the molecule is CC(=O)OI(OC(=O)C(F)(F)F)c1ccccc1.CC(I)(I)I.CON(C)C(=O)c1n[nH]c2ccc(I)cc12.CON(C)C(=O)c1n[nH]c2ccccc12.CON(C)C(=O)c1nn(C2CCCCO2)c2ccc(I)cc12.C[CH-]I.O=C(C1=NC=CC1)c1ncc[nH]1.O=C(O)c1n[nH]c2ccccc12.O=Cc1nn(C2CCCCO2)c2ccc(I)cc12.[V]. The molecular formula is C78H80F3I8N16O16V-. The molecule has 15 rings (SSSR count). The smallest absolute Gasteiger partial charge is 0.357 e. The van der Waals surface area contributed by atoms with Crippen LogP contribution in [0.15, 0.2) is 163 Å². The number of allylic oxidation sites excluding steroid dienone is 1. The number of ketones is 1. The summed E-state index contributed by atoms with van der Waals surface area (Å²) in [7, 11) is 9.02. The number of imidazole rings is 1. The molecule has 651 valence electrons. The Labute approximate surface area is 813 Å². The second kappa shape index (κ2) is 51.9. The molecule has 0 bridgehead atoms. The fraction of sp³-hybridized carbons (Fsp3) is 0.282. The van der Waals surface area contributed by atoms with Gasteiger partial charge >= 0.3 is 114 Å². The number of carboxylic acid groups (broad SMARTS) is 1. The van der Waals surface area contributed by atoms with Crippen LogP contribution in [-0.2, 0) is 58.3 Å². The number of nitrogens with zero attached hydrogens (tertiary/aromatic N) is 12. The molecule has 12 aromatic rings. The van der Waals surface area contributed by atoms with E-state index in [4.69, 9.17) is 29.1 Å². The van der Waals surface area contributed by atoms with Crippen molar-refractivity contribution in [3.8, 4) is 0 Å². The zero-order chi connectivity index (χ0) is 88.7. The predicted molar refractivity (Wildman–Crippen MR) is 515 cm³/mol. The third-order valence-corrected chi connectivity index (χ3v) is 21.9. The molecular weight excluding hydrogens is 2540 g/mol. The van der Waals surface area contributed by atoms with Crippen LogP contribution in [0.5, 0.6) is 0 Å². The molecule has 3 aliphatic heterocycles. The number of carbonyl (C=O) groups is 8. The minimum Gasteiger partial charge on any atom is -0.476 e. The number of aromatic carboxylic acids is 1. The predicted octanol–water partition coefficient (Wildman–Crippen LogP) is 18.8. The van der Waals surface area contributed by atoms with Crippen LogP contribution in [-0.4, -0.2) is 195 Å². The summed E-state index contributed by atoms with van der Waals surface area (Å²) in [4.78, 5) is 116. The number of H-pyrrole nitrogens is 4. The van der Waals surface area contributed by atoms with Crippen LogP contribution in [0.25, 0.3) is 54.5 Å². The average Bonchev–Trinajstić information content (AvgIpc) is 1.60. The maximum Gasteiger partial charge on any atom is 0.357 e. The molecule has 44 heteroatoms. The van der Waals surface area contributed by atoms with E-state index in [0.717, 1.165) is 135 Å². The van der Waals surface area contributed by atoms with Crippen molar-refractivity contribution in [3.63, 3.8) is 0 Å². The Kier molecular flexibility index (Phi) is 44.4. The Bertz CT molecular complexity index is 5520. The molecule has 3 aliphatic rings. The average molecular weight is 2620 g/mol. The molecule has 32 nitrogen and oxygen atoms in total. The zero-order valence-corrected chi connectivity index (χ0v) is 84.9. The minimum atomic E-state index is -5.11. The monoisotopic (exact) mass is 2620 g/mol. The van der Waals surface area contributed by atoms with Crippen molar-refractivity contribution in [1.82, 2.24) is 75.3 Å². The Morgan fingerprint density at radius 3 is 1.51 bits per heavy atom. The van der Waals surface area contributed by atoms with Gasteiger partial charge in [0.25, 0.3) is 17.7 Å². The van der Waals surface area contributed by atoms with Crippen molar-refractivity contribution in [2.75, 3.05) is 55.7 Å². The number of carbonyl (C=O) groups excluding carboxylic acids is 7. The van der Waals surface area contributed by atoms with Gasteiger partial charge in [0.15, 0.2) is 47.3 Å². The van der Waals surface area contributed by atoms with Crippen LogP contribution in [0.1, 0.15) is 141 Å². The van der Waals surface area contributed by atoms with Gasteiger partial charge in [-0.25, -0.2) is 34.3 Å². The maximum atomic E-state index is 12.5. The standard InChI is InChI=1S/C15H18IN3O3.C13H13IN2O2.C10H8F3IO4.C10H10IN3O2.C10H11N3O2.C8H7N3O.C8H6N2O2.C2H3I3.C2H4I.V/c1-18(21-2)15(20)14-11-9-10(16)6-7-12(11)19(17-14)13-5-3-4-8-22-13;14-9-4-5-12-10(7-9)11(8-17)15-16(12)13-3-1-2-6-18-13;1-7(15)17-14(8-5-3-2-4-6-8)18-9(16)10(11,12)13;1-14(16-2)10(15)9-7-5-6(11)3-4-8(7)12-13-9;1-13(15-2)10(14)9-7-5-3-4-6-8(7)11-12-9;12-7(6-2-1-3-9-6)8-10-4-5-11-8;11-8(12)7-5-3-1-2-4-6(5)9-10-7;1-2(3,4)5;1-2-3;/h6-7,9,13H,3-5,8H2,1-2H3;4-5,7-8,13H,1-3,6H2;2-6H,1H3;3-5H,1-2H3,(H,12,13);3-6H,1-2H3,(H,11,12);1,3-5H,2H2,(H,10,11);1-4H,(H,9,10)(H,11,12);1H3;2H,1H3;/q;;;;;;;;-1;. The van der Waals surface area contributed by atoms with Gasteiger partial charge in [-0.3, -0.25) is 63.2 Å². The van der Waals surface area contributed by atoms with Gasteiger partial charge in [-0.05, 0) is 180 Å². The Hall–Kier alpha value is -6.54. The van der Waals surface area contributed by atoms with E-state index in [9.17, 15) is 51.5 Å². The van der Waals surface area contributed by atoms with E-state index < -0.39 is 44.7 Å². The molecule has 1 radical (unpaired) electrons. The summed E-state index contributed by atoms with van der Waals surface area (Å²) in [6.45, 7) is 6.68. The van der Waals surface area contributed by atoms with E-state index in [2.05, 4.69) is 227 Å². The van der Waals surface area contributed by atoms with E-state index in [1.54, 1.807) is 76.1 Å². The number of rotatable bonds is 15. The van der Waals surface area contributed by atoms with Crippen molar-refractivity contribution in [3.05, 3.63) is 211 Å². The number of aldehydes is 1. The number of alkyl halides is 6. The quantitative estimate of drug-likeness (QED) is 0.0159. The fourth-order valence-corrected chi connectivity index (χ4v) is 15.0. The first-order valence-electron chi connectivity index (χ1n) is 35.8. The second-order valence-corrected chi connectivity index (χ2v) is 45.9. The normalized spacial score (nSPS) is 13.9. The number of Topliss-reactive ketones (excluding diaryl/α,β-unsaturated/α-hetero) is 1. The number of amides is 3. The number of aromatic nitrogens is 12. The molecule has 6 aromatic carbocycles. The summed E-state index contributed by atoms with van der Waals surface area (Å²) in [6, 6.07) is 40.0. The van der Waals surface area contributed by atoms with Crippen LogP contribution in [0.3, 0.4) is 0 Å². The number of carboxylic acids is 1. The van der Waals surface area contributed by atoms with Crippen molar-refractivity contribution < 1.29 is 105 Å². The molecule has 2 fully saturated rings. The molecule has 122 heavy (non-hydrogen) atoms. The third-order valence-electron chi connectivity index (χ3n) is 16.4. The zero-order valence-electron chi connectivity index (χ0n) is 66.2. The minimum absolute atomic E-state index is 0. The molecule has 3 amide bonds. The summed E-state index contributed by atoms with van der Waals surface area (Å²) in [6.07, 6.45) is 9.14. The van der Waals surface area contributed by atoms with Crippen LogP contribution < -0.4 is 0 Å². The van der Waals surface area contributed by atoms with Crippen molar-refractivity contribution in [2.45, 2.75) is 83.8 Å². The number of ether oxygens (including phenoxy) is 2. The third kappa shape index (κ3) is 31.5. The van der Waals surface area contributed by atoms with Gasteiger partial charge in [-0.2, -0.15) is 32.4 Å². The number of para-hydroxylation sites is 2. The van der Waals surface area contributed by atoms with Gasteiger partial charge in [0.2, 0.25) is 5.78 Å². The molecule has 6 aromatic heterocycles. The first-order valence-corrected chi connectivity index (χ1v) is 46.4. The van der Waals surface area contributed by atoms with Crippen LogP contribution in [0, 0.1) is 18.7 Å². The van der Waals surface area contributed by atoms with Gasteiger partial charge in [0.05, 0.1) is 54.6 Å². The molecule has 5 N–H and O–H groups in total. The molecule has 9 heterocycles. The van der Waals surface area contributed by atoms with Crippen LogP contribution >= 0.6 is 179 Å². The van der Waals surface area contributed by atoms with Crippen molar-refractivity contribution in [1.29, 1.82) is 0 Å². The summed E-state index contributed by atoms with van der Waals surface area (Å²) >= 11 is 12.5. The number of hydrogen-bond acceptors (Lipinski definition) is 22. The maximum absolute atomic E-state index is 12.5. The van der Waals surface area contributed by atoms with Gasteiger partial charge in [-0.1, -0.05) is 110 Å². The number of hydroxylamine groups is 6. The van der Waals surface area contributed by atoms with Gasteiger partial charge < -0.3 is 42.2 Å². The molecule has 0 aliphatic carbocycles. The summed E-state index contributed by atoms with van der Waals surface area (Å²) in [5.41, 5.74) is 6.58. The second-order valence-electron chi connectivity index (χ2n) is 24.8. The van der Waals surface area contributed by atoms with E-state index in [0.29, 0.717) is 45.6 Å². The van der Waals surface area contributed by atoms with E-state index in [-0.39, 0.29) is 63.8 Å². The van der Waals surface area contributed by atoms with Crippen molar-refractivity contribution >= 4 is 287 Å². The summed E-state index contributed by atoms with van der Waals surface area (Å²) in [5, 5.41) is 45.0. The number of aromatic amines is 4. The first kappa shape index (κ1) is 104. The molecule has 2 atom stereocenters. The largest absolute Gasteiger partial charge is 0.476 e. The van der Waals surface area contributed by atoms with Crippen LogP contribution in [0.2, 0.25) is 0 Å². The summed E-state index contributed by atoms with van der Waals surface area (Å²) in [5.74, 6) is -4.71. The molecule has 0 spiro atoms. The van der Waals surface area contributed by atoms with E-state index in [1.807, 2.05) is 112 Å². The fourth-order valence-electron chi connectivity index (χ4n) is 10.7. The van der Waals surface area contributed by atoms with E-state index >= 15 is 0 Å². The Morgan fingerprint density at radius 2 is 1.06 bits per heavy atom. The van der Waals surface area contributed by atoms with Gasteiger partial charge in [0.1, 0.15) is 5.13 Å². The molecule has 2 saturated heterocycles. The van der Waals surface area contributed by atoms with Gasteiger partial charge in [0, 0.05) is 116 Å². The van der Waals surface area contributed by atoms with Crippen molar-refractivity contribution in [2.24, 2.45) is 4.99 Å².